The molecule has 5 aromatic rings. The van der Waals surface area contributed by atoms with Crippen molar-refractivity contribution < 1.29 is 55.0 Å². The molecule has 0 spiro atoms. The van der Waals surface area contributed by atoms with Crippen LogP contribution in [0.15, 0.2) is 72.8 Å². The van der Waals surface area contributed by atoms with Crippen molar-refractivity contribution in [3.63, 3.8) is 0 Å². The lowest BCUT2D eigenvalue weighted by atomic mass is 9.77. The summed E-state index contributed by atoms with van der Waals surface area (Å²) in [5, 5.41) is 7.33. The second-order valence-electron chi connectivity index (χ2n) is 18.7. The lowest BCUT2D eigenvalue weighted by Crippen LogP contribution is -2.61. The number of benzene rings is 4. The second-order valence-corrected chi connectivity index (χ2v) is 20.8. The van der Waals surface area contributed by atoms with Gasteiger partial charge in [0.15, 0.2) is 23.1 Å². The summed E-state index contributed by atoms with van der Waals surface area (Å²) in [5.74, 6) is -5.35. The van der Waals surface area contributed by atoms with Crippen LogP contribution in [-0.2, 0) is 38.4 Å². The summed E-state index contributed by atoms with van der Waals surface area (Å²) in [4.78, 5) is 59.5. The van der Waals surface area contributed by atoms with Gasteiger partial charge in [0.1, 0.15) is 15.6 Å². The zero-order chi connectivity index (χ0) is 49.9. The van der Waals surface area contributed by atoms with Gasteiger partial charge in [0, 0.05) is 70.4 Å². The molecule has 3 saturated heterocycles. The molecule has 1 N–H and O–H groups in total. The van der Waals surface area contributed by atoms with E-state index in [1.165, 1.54) is 30.0 Å². The highest BCUT2D eigenvalue weighted by Crippen LogP contribution is 2.42. The number of amides is 4. The van der Waals surface area contributed by atoms with E-state index < -0.39 is 69.1 Å². The number of sulfone groups is 1. The second kappa shape index (κ2) is 18.7. The third kappa shape index (κ3) is 9.19. The van der Waals surface area contributed by atoms with E-state index >= 15 is 13.2 Å². The predicted molar refractivity (Wildman–Crippen MR) is 253 cm³/mol. The summed E-state index contributed by atoms with van der Waals surface area (Å²) >= 11 is 0. The van der Waals surface area contributed by atoms with Crippen molar-refractivity contribution in [2.75, 3.05) is 69.9 Å². The molecular weight excluding hydrogens is 932 g/mol. The maximum absolute atomic E-state index is 16.1. The molecule has 9 rings (SSSR count). The topological polar surface area (TPSA) is 173 Å². The highest BCUT2D eigenvalue weighted by molar-refractivity contribution is 7.90. The molecule has 4 aliphatic rings. The van der Waals surface area contributed by atoms with Gasteiger partial charge >= 0.3 is 0 Å². The molecule has 3 fully saturated rings. The summed E-state index contributed by atoms with van der Waals surface area (Å²) < 4.78 is 91.9. The summed E-state index contributed by atoms with van der Waals surface area (Å²) in [5.41, 5.74) is 1.68. The van der Waals surface area contributed by atoms with E-state index in [0.29, 0.717) is 71.3 Å². The average molecular weight is 986 g/mol. The smallest absolute Gasteiger partial charge is 0.275 e. The molecule has 20 heteroatoms. The Hall–Kier alpha value is -6.51. The zero-order valence-corrected chi connectivity index (χ0v) is 40.3. The van der Waals surface area contributed by atoms with Gasteiger partial charge in [-0.2, -0.15) is 5.10 Å². The van der Waals surface area contributed by atoms with Crippen molar-refractivity contribution in [1.29, 1.82) is 0 Å². The van der Waals surface area contributed by atoms with Crippen LogP contribution in [-0.4, -0.2) is 133 Å². The molecule has 0 aliphatic carbocycles. The van der Waals surface area contributed by atoms with E-state index in [1.807, 2.05) is 4.90 Å². The third-order valence-electron chi connectivity index (χ3n) is 13.9. The number of likely N-dealkylation sites (tertiary alicyclic amines) is 1. The number of nitrogens with one attached hydrogen (secondary N) is 1. The number of piperidine rings is 2. The number of aromatic nitrogens is 2. The molecular formula is C50H54F3N7O9S. The van der Waals surface area contributed by atoms with Gasteiger partial charge in [-0.1, -0.05) is 24.3 Å². The number of hydrogen-bond acceptors (Lipinski definition) is 13. The minimum absolute atomic E-state index is 0.0634. The molecule has 5 heterocycles. The molecule has 70 heavy (non-hydrogen) atoms. The van der Waals surface area contributed by atoms with Crippen LogP contribution in [0.25, 0.3) is 10.9 Å². The van der Waals surface area contributed by atoms with Crippen LogP contribution < -0.4 is 24.4 Å². The number of alkyl halides is 2. The first-order valence-electron chi connectivity index (χ1n) is 23.1. The van der Waals surface area contributed by atoms with E-state index in [-0.39, 0.29) is 61.7 Å². The lowest BCUT2D eigenvalue weighted by Gasteiger charge is -2.46. The molecule has 0 unspecified atom stereocenters. The maximum Gasteiger partial charge on any atom is 0.275 e. The Morgan fingerprint density at radius 1 is 0.914 bits per heavy atom. The van der Waals surface area contributed by atoms with Crippen molar-refractivity contribution in [1.82, 2.24) is 29.8 Å². The minimum atomic E-state index is -3.71. The summed E-state index contributed by atoms with van der Waals surface area (Å²) in [6.07, 6.45) is 1.64. The van der Waals surface area contributed by atoms with E-state index in [9.17, 15) is 27.6 Å². The number of fused-ring (bicyclic) bond motifs is 2. The Labute approximate surface area is 403 Å². The molecule has 4 amide bonds. The molecule has 1 aromatic heterocycles. The number of piperazine rings is 1. The van der Waals surface area contributed by atoms with Crippen LogP contribution in [0.4, 0.5) is 18.9 Å². The largest absolute Gasteiger partial charge is 0.493 e. The third-order valence-corrected chi connectivity index (χ3v) is 14.8. The predicted octanol–water partition coefficient (Wildman–Crippen LogP) is 6.02. The van der Waals surface area contributed by atoms with Crippen LogP contribution in [0.3, 0.4) is 0 Å². The van der Waals surface area contributed by atoms with Gasteiger partial charge in [0.2, 0.25) is 11.8 Å². The van der Waals surface area contributed by atoms with E-state index in [4.69, 9.17) is 14.2 Å². The Morgan fingerprint density at radius 3 is 2.33 bits per heavy atom. The average Bonchev–Trinajstić information content (AvgIpc) is 3.78. The van der Waals surface area contributed by atoms with E-state index in [2.05, 4.69) is 10.4 Å². The van der Waals surface area contributed by atoms with E-state index in [0.717, 1.165) is 16.7 Å². The standard InChI is InChI=1S/C50H54F3N7O9S/c1-6-68-41-24-31(12-15-39(41)67-4)38(28-70(5,65)66)60-46(62)33-8-7-9-36(44(33)47(60)63)58-20-22-59(23-21-58)42-17-19-57(29-50(42,52)53)27-30-10-13-32(14-11-30)69-40-26-37-34(25-35(40)51)45(55-56(37)3)49(2)18-16-43(61)54-48(49)64/h7-15,24-26,38,42H,6,16-23,27-29H2,1-5H3,(H,54,61,64)/t38-,42-,49+/m1/s1. The fraction of sp³-hybridized carbons (Fsp3) is 0.420. The van der Waals surface area contributed by atoms with E-state index in [1.54, 1.807) is 85.3 Å². The first-order chi connectivity index (χ1) is 33.3. The number of ether oxygens (including phenoxy) is 3. The number of rotatable bonds is 14. The monoisotopic (exact) mass is 985 g/mol. The number of carbonyl (C=O) groups excluding carboxylic acids is 4. The summed E-state index contributed by atoms with van der Waals surface area (Å²) in [6, 6.07) is 17.1. The summed E-state index contributed by atoms with van der Waals surface area (Å²) in [7, 11) is -0.567. The van der Waals surface area contributed by atoms with Gasteiger partial charge in [0.25, 0.3) is 17.7 Å². The van der Waals surface area contributed by atoms with Crippen molar-refractivity contribution in [3.8, 4) is 23.0 Å². The first-order valence-corrected chi connectivity index (χ1v) is 25.2. The maximum atomic E-state index is 16.1. The Bertz CT molecular complexity index is 3020. The Kier molecular flexibility index (Phi) is 12.9. The number of halogens is 3. The fourth-order valence-corrected chi connectivity index (χ4v) is 11.2. The van der Waals surface area contributed by atoms with Gasteiger partial charge in [-0.3, -0.25) is 43.9 Å². The van der Waals surface area contributed by atoms with Crippen molar-refractivity contribution in [2.45, 2.75) is 63.1 Å². The highest BCUT2D eigenvalue weighted by Gasteiger charge is 2.49. The van der Waals surface area contributed by atoms with Gasteiger partial charge in [-0.15, -0.1) is 0 Å². The summed E-state index contributed by atoms with van der Waals surface area (Å²) in [6.45, 7) is 5.17. The van der Waals surface area contributed by atoms with Crippen molar-refractivity contribution in [3.05, 3.63) is 107 Å². The molecule has 0 bridgehead atoms. The quantitative estimate of drug-likeness (QED) is 0.128. The van der Waals surface area contributed by atoms with Gasteiger partial charge in [-0.05, 0) is 80.3 Å². The molecule has 4 aromatic carbocycles. The van der Waals surface area contributed by atoms with Crippen LogP contribution in [0.2, 0.25) is 0 Å². The van der Waals surface area contributed by atoms with Crippen LogP contribution in [0, 0.1) is 5.82 Å². The zero-order valence-electron chi connectivity index (χ0n) is 39.5. The van der Waals surface area contributed by atoms with Gasteiger partial charge in [-0.25, -0.2) is 21.6 Å². The number of methoxy groups -OCH3 is 1. The number of hydrogen-bond donors (Lipinski definition) is 1. The van der Waals surface area contributed by atoms with Gasteiger partial charge < -0.3 is 19.1 Å². The van der Waals surface area contributed by atoms with Crippen molar-refractivity contribution >= 4 is 50.1 Å². The SMILES string of the molecule is CCOc1cc([C@@H](CS(C)(=O)=O)N2C(=O)c3cccc(N4CCN([C@@H]5CCN(Cc6ccc(Oc7cc8c(cc7F)c([C@]7(C)CCC(=O)NC7=O)nn8C)cc6)CC5(F)F)CC4)c3C2=O)ccc1OC. The van der Waals surface area contributed by atoms with Crippen LogP contribution in [0.1, 0.15) is 76.7 Å². The minimum Gasteiger partial charge on any atom is -0.493 e. The Balaban J connectivity index is 0.824. The lowest BCUT2D eigenvalue weighted by molar-refractivity contribution is -0.137. The van der Waals surface area contributed by atoms with Crippen LogP contribution >= 0.6 is 0 Å². The van der Waals surface area contributed by atoms with Crippen LogP contribution in [0.5, 0.6) is 23.0 Å². The molecule has 370 valence electrons. The molecule has 4 aliphatic heterocycles. The molecule has 0 radical (unpaired) electrons. The Morgan fingerprint density at radius 2 is 1.66 bits per heavy atom. The number of aryl methyl sites for hydroxylation is 1. The van der Waals surface area contributed by atoms with Crippen molar-refractivity contribution in [2.24, 2.45) is 7.05 Å². The molecule has 16 nitrogen and oxygen atoms in total. The number of anilines is 1. The first kappa shape index (κ1) is 48.5. The number of nitrogens with zero attached hydrogens (tertiary/aromatic N) is 6. The normalized spacial score (nSPS) is 21.5. The number of carbonyl (C=O) groups is 4. The molecule has 3 atom stereocenters. The number of imide groups is 2. The van der Waals surface area contributed by atoms with Gasteiger partial charge in [0.05, 0.1) is 71.5 Å². The fourth-order valence-electron chi connectivity index (χ4n) is 10.3. The highest BCUT2D eigenvalue weighted by atomic mass is 32.2. The molecule has 0 saturated carbocycles.